The molecule has 1 aromatic carbocycles. The highest BCUT2D eigenvalue weighted by molar-refractivity contribution is 5.91. The van der Waals surface area contributed by atoms with Crippen LogP contribution in [0.2, 0.25) is 0 Å². The molecule has 2 heterocycles. The molecule has 0 radical (unpaired) electrons. The number of aryl methyl sites for hydroxylation is 2. The predicted molar refractivity (Wildman–Crippen MR) is 116 cm³/mol. The summed E-state index contributed by atoms with van der Waals surface area (Å²) in [6, 6.07) is 10.2. The van der Waals surface area contributed by atoms with Crippen molar-refractivity contribution in [2.24, 2.45) is 0 Å². The summed E-state index contributed by atoms with van der Waals surface area (Å²) in [5.74, 6) is 0.447. The van der Waals surface area contributed by atoms with Gasteiger partial charge in [0.05, 0.1) is 19.2 Å². The van der Waals surface area contributed by atoms with Crippen molar-refractivity contribution in [3.05, 3.63) is 69.1 Å². The van der Waals surface area contributed by atoms with Crippen LogP contribution >= 0.6 is 0 Å². The molecule has 2 aliphatic rings. The quantitative estimate of drug-likeness (QED) is 0.588. The summed E-state index contributed by atoms with van der Waals surface area (Å²) < 4.78 is 12.6. The fourth-order valence-corrected chi connectivity index (χ4v) is 4.62. The maximum absolute atomic E-state index is 13.1. The van der Waals surface area contributed by atoms with Crippen LogP contribution in [0.1, 0.15) is 59.2 Å². The fraction of sp³-hybridized carbons (Fsp3) is 0.360. The lowest BCUT2D eigenvalue weighted by Crippen LogP contribution is -2.24. The zero-order valence-electron chi connectivity index (χ0n) is 17.4. The molecule has 5 rings (SSSR count). The Labute approximate surface area is 175 Å². The van der Waals surface area contributed by atoms with Crippen LogP contribution in [-0.4, -0.2) is 24.1 Å². The van der Waals surface area contributed by atoms with Crippen LogP contribution in [0.15, 0.2) is 41.3 Å². The number of hydrogen-bond donors (Lipinski definition) is 0. The molecule has 30 heavy (non-hydrogen) atoms. The minimum absolute atomic E-state index is 0.0867. The highest BCUT2D eigenvalue weighted by Crippen LogP contribution is 2.46. The van der Waals surface area contributed by atoms with Crippen LogP contribution in [0.4, 0.5) is 0 Å². The van der Waals surface area contributed by atoms with Crippen LogP contribution in [0.5, 0.6) is 5.75 Å². The summed E-state index contributed by atoms with van der Waals surface area (Å²) in [7, 11) is 1.65. The van der Waals surface area contributed by atoms with Crippen molar-refractivity contribution < 1.29 is 14.3 Å². The van der Waals surface area contributed by atoms with Gasteiger partial charge in [-0.05, 0) is 79.3 Å². The van der Waals surface area contributed by atoms with E-state index in [1.54, 1.807) is 30.7 Å². The van der Waals surface area contributed by atoms with Crippen molar-refractivity contribution in [2.75, 3.05) is 13.7 Å². The first kappa shape index (κ1) is 18.9. The number of esters is 1. The van der Waals surface area contributed by atoms with Gasteiger partial charge in [0, 0.05) is 11.8 Å². The monoisotopic (exact) mass is 403 g/mol. The molecule has 0 N–H and O–H groups in total. The van der Waals surface area contributed by atoms with Gasteiger partial charge >= 0.3 is 5.97 Å². The van der Waals surface area contributed by atoms with Gasteiger partial charge in [-0.2, -0.15) is 0 Å². The van der Waals surface area contributed by atoms with Crippen molar-refractivity contribution in [3.8, 4) is 16.9 Å². The zero-order valence-corrected chi connectivity index (χ0v) is 17.4. The number of benzene rings is 1. The average Bonchev–Trinajstić information content (AvgIpc) is 3.49. The molecule has 0 bridgehead atoms. The lowest BCUT2D eigenvalue weighted by molar-refractivity contribution is 0.0524. The van der Waals surface area contributed by atoms with Crippen molar-refractivity contribution >= 4 is 11.5 Å². The zero-order chi connectivity index (χ0) is 20.8. The second-order valence-corrected chi connectivity index (χ2v) is 8.13. The predicted octanol–water partition coefficient (Wildman–Crippen LogP) is 4.52. The van der Waals surface area contributed by atoms with E-state index in [9.17, 15) is 9.59 Å². The third-order valence-corrected chi connectivity index (χ3v) is 6.24. The Morgan fingerprint density at radius 3 is 2.67 bits per heavy atom. The molecular formula is C25H25NO4. The number of ether oxygens (including phenoxy) is 2. The van der Waals surface area contributed by atoms with Crippen LogP contribution < -0.4 is 10.3 Å². The smallest absolute Gasteiger partial charge is 0.343 e. The Morgan fingerprint density at radius 2 is 1.93 bits per heavy atom. The minimum atomic E-state index is -0.569. The van der Waals surface area contributed by atoms with E-state index < -0.39 is 5.97 Å². The van der Waals surface area contributed by atoms with E-state index in [4.69, 9.17) is 9.47 Å². The van der Waals surface area contributed by atoms with Crippen molar-refractivity contribution in [1.82, 2.24) is 4.40 Å². The molecular weight excluding hydrogens is 378 g/mol. The molecule has 0 spiro atoms. The van der Waals surface area contributed by atoms with Gasteiger partial charge in [0.15, 0.2) is 5.75 Å². The van der Waals surface area contributed by atoms with Gasteiger partial charge in [0.25, 0.3) is 5.56 Å². The SMILES string of the molecule is CCOC(=O)c1cc(C2CC2)c2c(OC)c(-c3ccc4c(c3)CCC4)ccn2c1=O. The van der Waals surface area contributed by atoms with Gasteiger partial charge in [-0.15, -0.1) is 0 Å². The second-order valence-electron chi connectivity index (χ2n) is 8.13. The van der Waals surface area contributed by atoms with E-state index in [2.05, 4.69) is 18.2 Å². The molecule has 1 fully saturated rings. The van der Waals surface area contributed by atoms with Gasteiger partial charge in [-0.3, -0.25) is 9.20 Å². The van der Waals surface area contributed by atoms with E-state index in [0.717, 1.165) is 47.9 Å². The normalized spacial score (nSPS) is 15.3. The summed E-state index contributed by atoms with van der Waals surface area (Å²) >= 11 is 0. The second kappa shape index (κ2) is 7.31. The lowest BCUT2D eigenvalue weighted by Gasteiger charge is -2.17. The van der Waals surface area contributed by atoms with Gasteiger partial charge in [0.1, 0.15) is 5.56 Å². The summed E-state index contributed by atoms with van der Waals surface area (Å²) in [5.41, 5.74) is 6.35. The number of aromatic nitrogens is 1. The number of nitrogens with zero attached hydrogens (tertiary/aromatic N) is 1. The largest absolute Gasteiger partial charge is 0.494 e. The molecule has 0 atom stereocenters. The highest BCUT2D eigenvalue weighted by atomic mass is 16.5. The van der Waals surface area contributed by atoms with Crippen LogP contribution in [0.3, 0.4) is 0 Å². The third kappa shape index (κ3) is 3.00. The number of carbonyl (C=O) groups excluding carboxylic acids is 1. The topological polar surface area (TPSA) is 57.0 Å². The average molecular weight is 403 g/mol. The molecule has 5 heteroatoms. The first-order chi connectivity index (χ1) is 14.6. The van der Waals surface area contributed by atoms with Crippen molar-refractivity contribution in [2.45, 2.75) is 44.9 Å². The minimum Gasteiger partial charge on any atom is -0.494 e. The van der Waals surface area contributed by atoms with Crippen LogP contribution in [0.25, 0.3) is 16.6 Å². The number of hydrogen-bond acceptors (Lipinski definition) is 4. The maximum Gasteiger partial charge on any atom is 0.343 e. The molecule has 2 aliphatic carbocycles. The molecule has 3 aromatic rings. The van der Waals surface area contributed by atoms with E-state index in [0.29, 0.717) is 11.7 Å². The van der Waals surface area contributed by atoms with E-state index in [1.165, 1.54) is 17.5 Å². The van der Waals surface area contributed by atoms with Crippen molar-refractivity contribution in [1.29, 1.82) is 0 Å². The Hall–Kier alpha value is -3.08. The molecule has 1 saturated carbocycles. The molecule has 0 amide bonds. The van der Waals surface area contributed by atoms with E-state index in [-0.39, 0.29) is 17.7 Å². The molecule has 0 saturated heterocycles. The summed E-state index contributed by atoms with van der Waals surface area (Å²) in [5, 5.41) is 0. The molecule has 0 unspecified atom stereocenters. The number of fused-ring (bicyclic) bond motifs is 2. The Kier molecular flexibility index (Phi) is 4.61. The van der Waals surface area contributed by atoms with Gasteiger partial charge < -0.3 is 9.47 Å². The van der Waals surface area contributed by atoms with Gasteiger partial charge in [-0.1, -0.05) is 18.2 Å². The van der Waals surface area contributed by atoms with Crippen LogP contribution in [0, 0.1) is 0 Å². The molecule has 5 nitrogen and oxygen atoms in total. The first-order valence-corrected chi connectivity index (χ1v) is 10.7. The summed E-state index contributed by atoms with van der Waals surface area (Å²) in [6.45, 7) is 1.98. The van der Waals surface area contributed by atoms with E-state index >= 15 is 0 Å². The Balaban J connectivity index is 1.76. The Morgan fingerprint density at radius 1 is 1.13 bits per heavy atom. The molecule has 0 aliphatic heterocycles. The van der Waals surface area contributed by atoms with Crippen LogP contribution in [-0.2, 0) is 17.6 Å². The van der Waals surface area contributed by atoms with Crippen molar-refractivity contribution in [3.63, 3.8) is 0 Å². The van der Waals surface area contributed by atoms with E-state index in [1.807, 2.05) is 6.07 Å². The summed E-state index contributed by atoms with van der Waals surface area (Å²) in [6.07, 6.45) is 7.30. The first-order valence-electron chi connectivity index (χ1n) is 10.7. The molecule has 2 aromatic heterocycles. The number of methoxy groups -OCH3 is 1. The number of pyridine rings is 2. The number of carbonyl (C=O) groups is 1. The number of rotatable bonds is 5. The van der Waals surface area contributed by atoms with Gasteiger partial charge in [0.2, 0.25) is 0 Å². The fourth-order valence-electron chi connectivity index (χ4n) is 4.62. The standard InChI is InChI=1S/C25H25NO4/c1-3-30-25(28)21-14-20(16-8-9-16)22-23(29-2)19(11-12-26(22)24(21)27)18-10-7-15-5-4-6-17(15)13-18/h7,10-14,16H,3-6,8-9H2,1-2H3. The lowest BCUT2D eigenvalue weighted by atomic mass is 9.98. The Bertz CT molecular complexity index is 1220. The third-order valence-electron chi connectivity index (χ3n) is 6.24. The maximum atomic E-state index is 13.1. The van der Waals surface area contributed by atoms with Gasteiger partial charge in [-0.25, -0.2) is 4.79 Å². The highest BCUT2D eigenvalue weighted by Gasteiger charge is 2.31. The molecule has 154 valence electrons. The summed E-state index contributed by atoms with van der Waals surface area (Å²) in [4.78, 5) is 25.5.